The maximum Gasteiger partial charge on any atom is 0.303 e. The number of unbranched alkanes of at least 4 members (excludes halogenated alkanes) is 13. The highest BCUT2D eigenvalue weighted by Gasteiger charge is 1.97. The molecule has 126 valence electrons. The normalized spacial score (nSPS) is 10.9. The van der Waals surface area contributed by atoms with Gasteiger partial charge in [-0.25, -0.2) is 0 Å². The first-order valence-corrected chi connectivity index (χ1v) is 8.92. The van der Waals surface area contributed by atoms with Crippen LogP contribution in [0.2, 0.25) is 0 Å². The first-order chi connectivity index (χ1) is 10.3. The van der Waals surface area contributed by atoms with Gasteiger partial charge in [0.2, 0.25) is 0 Å². The van der Waals surface area contributed by atoms with Crippen molar-refractivity contribution >= 4 is 5.97 Å². The Morgan fingerprint density at radius 2 is 1.00 bits per heavy atom. The third-order valence-electron chi connectivity index (χ3n) is 3.96. The van der Waals surface area contributed by atoms with Crippen molar-refractivity contribution in [3.05, 3.63) is 0 Å². The molecule has 0 atom stereocenters. The van der Waals surface area contributed by atoms with Gasteiger partial charge >= 0.3 is 5.97 Å². The fourth-order valence-corrected chi connectivity index (χ4v) is 2.62. The molecule has 21 heavy (non-hydrogen) atoms. The molecule has 0 aromatic carbocycles. The summed E-state index contributed by atoms with van der Waals surface area (Å²) >= 11 is 0. The Kier molecular flexibility index (Phi) is 16.9. The number of nitrogens with two attached hydrogens (primary N) is 1. The van der Waals surface area contributed by atoms with Gasteiger partial charge in [-0.2, -0.15) is 0 Å². The summed E-state index contributed by atoms with van der Waals surface area (Å²) in [5.41, 5.74) is 2.69. The topological polar surface area (TPSA) is 75.3 Å². The Morgan fingerprint density at radius 1 is 0.667 bits per heavy atom. The molecule has 0 unspecified atom stereocenters. The van der Waals surface area contributed by atoms with E-state index in [9.17, 15) is 4.79 Å². The lowest BCUT2D eigenvalue weighted by Gasteiger charge is -2.03. The van der Waals surface area contributed by atoms with Crippen LogP contribution in [0.1, 0.15) is 96.3 Å². The summed E-state index contributed by atoms with van der Waals surface area (Å²) in [5.74, 6) is 4.56. The number of carboxylic acids is 1. The van der Waals surface area contributed by atoms with Crippen LogP contribution in [0.4, 0.5) is 0 Å². The molecule has 0 saturated heterocycles. The van der Waals surface area contributed by atoms with E-state index in [0.717, 1.165) is 19.4 Å². The second-order valence-corrected chi connectivity index (χ2v) is 6.05. The average Bonchev–Trinajstić information content (AvgIpc) is 2.46. The summed E-state index contributed by atoms with van der Waals surface area (Å²) in [6.45, 7) is 0.941. The van der Waals surface area contributed by atoms with Crippen molar-refractivity contribution in [3.63, 3.8) is 0 Å². The van der Waals surface area contributed by atoms with Gasteiger partial charge in [0, 0.05) is 13.0 Å². The van der Waals surface area contributed by atoms with E-state index in [0.29, 0.717) is 6.42 Å². The highest BCUT2D eigenvalue weighted by Crippen LogP contribution is 2.13. The van der Waals surface area contributed by atoms with Crippen LogP contribution in [0.25, 0.3) is 0 Å². The van der Waals surface area contributed by atoms with Crippen LogP contribution < -0.4 is 11.3 Å². The lowest BCUT2D eigenvalue weighted by Crippen LogP contribution is -2.22. The molecule has 0 aromatic rings. The fraction of sp³-hybridized carbons (Fsp3) is 0.941. The highest BCUT2D eigenvalue weighted by atomic mass is 16.4. The maximum absolute atomic E-state index is 10.3. The number of rotatable bonds is 17. The van der Waals surface area contributed by atoms with Gasteiger partial charge in [0.15, 0.2) is 0 Å². The molecule has 0 fully saturated rings. The number of nitrogens with one attached hydrogen (secondary N) is 1. The summed E-state index contributed by atoms with van der Waals surface area (Å²) in [7, 11) is 0. The molecule has 0 aromatic heterocycles. The van der Waals surface area contributed by atoms with Crippen molar-refractivity contribution in [2.75, 3.05) is 6.54 Å². The van der Waals surface area contributed by atoms with Gasteiger partial charge in [-0.05, 0) is 12.8 Å². The van der Waals surface area contributed by atoms with Gasteiger partial charge in [0.25, 0.3) is 0 Å². The molecule has 0 aliphatic heterocycles. The number of carbonyl (C=O) groups is 1. The van der Waals surface area contributed by atoms with E-state index in [2.05, 4.69) is 5.43 Å². The summed E-state index contributed by atoms with van der Waals surface area (Å²) < 4.78 is 0. The Labute approximate surface area is 130 Å². The van der Waals surface area contributed by atoms with Crippen LogP contribution in [0.5, 0.6) is 0 Å². The maximum atomic E-state index is 10.3. The van der Waals surface area contributed by atoms with Gasteiger partial charge in [0.05, 0.1) is 0 Å². The van der Waals surface area contributed by atoms with Crippen LogP contribution in [-0.2, 0) is 4.79 Å². The van der Waals surface area contributed by atoms with Crippen LogP contribution in [0.15, 0.2) is 0 Å². The molecule has 0 bridgehead atoms. The van der Waals surface area contributed by atoms with Crippen molar-refractivity contribution in [1.29, 1.82) is 0 Å². The molecule has 0 saturated carbocycles. The Bertz CT molecular complexity index is 223. The first kappa shape index (κ1) is 20.4. The minimum atomic E-state index is -0.661. The first-order valence-electron chi connectivity index (χ1n) is 8.92. The minimum absolute atomic E-state index is 0.336. The second-order valence-electron chi connectivity index (χ2n) is 6.05. The summed E-state index contributed by atoms with van der Waals surface area (Å²) in [5, 5.41) is 8.52. The van der Waals surface area contributed by atoms with Gasteiger partial charge < -0.3 is 5.11 Å². The third kappa shape index (κ3) is 19.4. The standard InChI is InChI=1S/C17H36N2O2/c18-19-16-14-12-10-8-6-4-2-1-3-5-7-9-11-13-15-17(20)21/h19H,1-16,18H2,(H,20,21). The van der Waals surface area contributed by atoms with Gasteiger partial charge in [0.1, 0.15) is 0 Å². The predicted molar refractivity (Wildman–Crippen MR) is 89.1 cm³/mol. The predicted octanol–water partition coefficient (Wildman–Crippen LogP) is 4.39. The lowest BCUT2D eigenvalue weighted by atomic mass is 10.0. The number of hydrogen-bond donors (Lipinski definition) is 3. The van der Waals surface area contributed by atoms with E-state index in [-0.39, 0.29) is 0 Å². The molecule has 0 aliphatic rings. The van der Waals surface area contributed by atoms with Gasteiger partial charge in [-0.15, -0.1) is 0 Å². The molecule has 0 rings (SSSR count). The van der Waals surface area contributed by atoms with E-state index in [4.69, 9.17) is 10.9 Å². The van der Waals surface area contributed by atoms with Crippen molar-refractivity contribution in [1.82, 2.24) is 5.43 Å². The lowest BCUT2D eigenvalue weighted by molar-refractivity contribution is -0.137. The minimum Gasteiger partial charge on any atom is -0.481 e. The second kappa shape index (κ2) is 17.4. The molecule has 0 aliphatic carbocycles. The molecule has 0 spiro atoms. The fourth-order valence-electron chi connectivity index (χ4n) is 2.62. The summed E-state index contributed by atoms with van der Waals surface area (Å²) in [6, 6.07) is 0. The third-order valence-corrected chi connectivity index (χ3v) is 3.96. The van der Waals surface area contributed by atoms with Crippen LogP contribution in [0, 0.1) is 0 Å². The van der Waals surface area contributed by atoms with E-state index < -0.39 is 5.97 Å². The molecule has 4 heteroatoms. The smallest absolute Gasteiger partial charge is 0.303 e. The zero-order valence-electron chi connectivity index (χ0n) is 13.7. The zero-order chi connectivity index (χ0) is 15.6. The average molecular weight is 300 g/mol. The summed E-state index contributed by atoms with van der Waals surface area (Å²) in [4.78, 5) is 10.3. The molecule has 0 heterocycles. The molecule has 4 nitrogen and oxygen atoms in total. The van der Waals surface area contributed by atoms with E-state index in [1.807, 2.05) is 0 Å². The molecule has 4 N–H and O–H groups in total. The van der Waals surface area contributed by atoms with Gasteiger partial charge in [-0.3, -0.25) is 16.1 Å². The number of aliphatic carboxylic acids is 1. The number of hydrazine groups is 1. The summed E-state index contributed by atoms with van der Waals surface area (Å²) in [6.07, 6.45) is 18.1. The molecule has 0 amide bonds. The van der Waals surface area contributed by atoms with E-state index >= 15 is 0 Å². The quantitative estimate of drug-likeness (QED) is 0.212. The number of hydrogen-bond acceptors (Lipinski definition) is 3. The van der Waals surface area contributed by atoms with Crippen molar-refractivity contribution < 1.29 is 9.90 Å². The van der Waals surface area contributed by atoms with Crippen molar-refractivity contribution in [2.24, 2.45) is 5.84 Å². The van der Waals surface area contributed by atoms with Gasteiger partial charge in [-0.1, -0.05) is 77.0 Å². The SMILES string of the molecule is NNCCCCCCCCCCCCCCCCC(=O)O. The zero-order valence-corrected chi connectivity index (χ0v) is 13.7. The highest BCUT2D eigenvalue weighted by molar-refractivity contribution is 5.66. The van der Waals surface area contributed by atoms with Crippen LogP contribution in [0.3, 0.4) is 0 Å². The molecular weight excluding hydrogens is 264 g/mol. The van der Waals surface area contributed by atoms with E-state index in [1.54, 1.807) is 0 Å². The number of carboxylic acid groups (broad SMARTS) is 1. The monoisotopic (exact) mass is 300 g/mol. The van der Waals surface area contributed by atoms with Crippen molar-refractivity contribution in [3.8, 4) is 0 Å². The molecular formula is C17H36N2O2. The van der Waals surface area contributed by atoms with Crippen LogP contribution in [-0.4, -0.2) is 17.6 Å². The largest absolute Gasteiger partial charge is 0.481 e. The van der Waals surface area contributed by atoms with Crippen LogP contribution >= 0.6 is 0 Å². The molecule has 0 radical (unpaired) electrons. The van der Waals surface area contributed by atoms with E-state index in [1.165, 1.54) is 77.0 Å². The Hall–Kier alpha value is -0.610. The Balaban J connectivity index is 2.95. The Morgan fingerprint density at radius 3 is 1.33 bits per heavy atom. The van der Waals surface area contributed by atoms with Crippen molar-refractivity contribution in [2.45, 2.75) is 96.3 Å².